The van der Waals surface area contributed by atoms with Crippen LogP contribution in [0.15, 0.2) is 64.3 Å². The zero-order valence-electron chi connectivity index (χ0n) is 18.0. The zero-order chi connectivity index (χ0) is 21.3. The lowest BCUT2D eigenvalue weighted by Gasteiger charge is -2.22. The second-order valence-corrected chi connectivity index (χ2v) is 8.31. The van der Waals surface area contributed by atoms with E-state index in [4.69, 9.17) is 0 Å². The molecule has 2 aliphatic carbocycles. The third-order valence-corrected chi connectivity index (χ3v) is 6.66. The van der Waals surface area contributed by atoms with E-state index < -0.39 is 5.41 Å². The van der Waals surface area contributed by atoms with Gasteiger partial charge >= 0.3 is 0 Å². The normalized spacial score (nSPS) is 19.8. The van der Waals surface area contributed by atoms with Gasteiger partial charge in [0.15, 0.2) is 0 Å². The predicted molar refractivity (Wildman–Crippen MR) is 116 cm³/mol. The summed E-state index contributed by atoms with van der Waals surface area (Å²) in [6, 6.07) is 9.55. The van der Waals surface area contributed by atoms with Crippen molar-refractivity contribution in [3.05, 3.63) is 64.3 Å². The van der Waals surface area contributed by atoms with Crippen molar-refractivity contribution in [3.8, 4) is 0 Å². The number of hydrogen-bond donors (Lipinski definition) is 0. The first-order valence-corrected chi connectivity index (χ1v) is 10.1. The molecule has 1 saturated carbocycles. The summed E-state index contributed by atoms with van der Waals surface area (Å²) in [5, 5.41) is 0. The molecule has 0 heterocycles. The Bertz CT molecular complexity index is 949. The van der Waals surface area contributed by atoms with Crippen molar-refractivity contribution in [2.45, 2.75) is 53.4 Å². The number of Topliss-reactive ketones (excluding diaryl/α,β-unsaturated/α-hetero) is 2. The minimum Gasteiger partial charge on any atom is -0.312 e. The molecular weight excluding hydrogens is 362 g/mol. The Balaban J connectivity index is 1.99. The molecule has 1 aromatic rings. The first-order valence-electron chi connectivity index (χ1n) is 10.1. The highest BCUT2D eigenvalue weighted by Crippen LogP contribution is 2.51. The molecule has 0 saturated heterocycles. The highest BCUT2D eigenvalue weighted by molar-refractivity contribution is 6.07. The molecule has 4 nitrogen and oxygen atoms in total. The van der Waals surface area contributed by atoms with E-state index in [-0.39, 0.29) is 17.5 Å². The summed E-state index contributed by atoms with van der Waals surface area (Å²) in [6.45, 7) is 7.15. The van der Waals surface area contributed by atoms with Crippen LogP contribution in [0.2, 0.25) is 0 Å². The van der Waals surface area contributed by atoms with Gasteiger partial charge in [0.05, 0.1) is 5.41 Å². The molecule has 2 aliphatic rings. The molecule has 0 N–H and O–H groups in total. The van der Waals surface area contributed by atoms with Gasteiger partial charge in [-0.05, 0) is 87.8 Å². The van der Waals surface area contributed by atoms with Gasteiger partial charge in [0.1, 0.15) is 11.6 Å². The molecule has 0 aliphatic heterocycles. The number of para-hydroxylation sites is 1. The maximum atomic E-state index is 12.9. The van der Waals surface area contributed by atoms with Gasteiger partial charge in [0, 0.05) is 18.8 Å². The fraction of sp³-hybridized carbons (Fsp3) is 0.400. The third kappa shape index (κ3) is 3.76. The van der Waals surface area contributed by atoms with E-state index in [9.17, 15) is 14.4 Å². The number of rotatable bonds is 4. The summed E-state index contributed by atoms with van der Waals surface area (Å²) >= 11 is 0. The van der Waals surface area contributed by atoms with Gasteiger partial charge in [0.25, 0.3) is 5.91 Å². The lowest BCUT2D eigenvalue weighted by Crippen LogP contribution is -2.33. The van der Waals surface area contributed by atoms with E-state index in [2.05, 4.69) is 6.92 Å². The smallest absolute Gasteiger partial charge is 0.250 e. The van der Waals surface area contributed by atoms with Crippen LogP contribution in [0.25, 0.3) is 0 Å². The van der Waals surface area contributed by atoms with Crippen LogP contribution in [-0.4, -0.2) is 24.5 Å². The molecule has 0 bridgehead atoms. The molecule has 0 unspecified atom stereocenters. The zero-order valence-corrected chi connectivity index (χ0v) is 18.0. The number of carbonyl (C=O) groups excluding carboxylic acids is 3. The Kier molecular flexibility index (Phi) is 5.74. The molecule has 152 valence electrons. The van der Waals surface area contributed by atoms with E-state index in [1.165, 1.54) is 19.4 Å². The number of nitrogens with zero attached hydrogens (tertiary/aromatic N) is 1. The van der Waals surface area contributed by atoms with Crippen LogP contribution in [0.5, 0.6) is 0 Å². The van der Waals surface area contributed by atoms with Crippen molar-refractivity contribution >= 4 is 23.2 Å². The molecule has 0 aromatic heterocycles. The molecule has 1 amide bonds. The Labute approximate surface area is 173 Å². The number of ketones is 2. The summed E-state index contributed by atoms with van der Waals surface area (Å²) in [5.74, 6) is -0.206. The van der Waals surface area contributed by atoms with Crippen molar-refractivity contribution < 1.29 is 14.4 Å². The van der Waals surface area contributed by atoms with E-state index in [1.807, 2.05) is 37.3 Å². The second kappa shape index (κ2) is 7.94. The fourth-order valence-corrected chi connectivity index (χ4v) is 4.45. The van der Waals surface area contributed by atoms with Crippen molar-refractivity contribution in [3.63, 3.8) is 0 Å². The van der Waals surface area contributed by atoms with Crippen molar-refractivity contribution in [2.24, 2.45) is 5.41 Å². The van der Waals surface area contributed by atoms with Gasteiger partial charge in [-0.2, -0.15) is 0 Å². The SMILES string of the molecule is CC(=O)C1(C(C)=O)CC2=C(C)CC/C(=C\C(=O)N(C)c3ccccc3)C(C)=C2C1. The van der Waals surface area contributed by atoms with Gasteiger partial charge in [-0.1, -0.05) is 23.8 Å². The Morgan fingerprint density at radius 1 is 0.931 bits per heavy atom. The average molecular weight is 392 g/mol. The van der Waals surface area contributed by atoms with E-state index in [0.29, 0.717) is 12.8 Å². The maximum absolute atomic E-state index is 12.9. The number of likely N-dealkylation sites (N-methyl/N-ethyl adjacent to an activating group) is 1. The average Bonchev–Trinajstić information content (AvgIpc) is 3.09. The van der Waals surface area contributed by atoms with Crippen LogP contribution in [0.3, 0.4) is 0 Å². The summed E-state index contributed by atoms with van der Waals surface area (Å²) in [4.78, 5) is 39.4. The monoisotopic (exact) mass is 391 g/mol. The van der Waals surface area contributed by atoms with Gasteiger partial charge in [-0.3, -0.25) is 14.4 Å². The summed E-state index contributed by atoms with van der Waals surface area (Å²) in [7, 11) is 1.77. The van der Waals surface area contributed by atoms with E-state index in [0.717, 1.165) is 40.8 Å². The number of allylic oxidation sites excluding steroid dienone is 5. The van der Waals surface area contributed by atoms with Crippen LogP contribution in [-0.2, 0) is 14.4 Å². The minimum absolute atomic E-state index is 0.0657. The molecule has 3 rings (SSSR count). The van der Waals surface area contributed by atoms with Crippen molar-refractivity contribution in [2.75, 3.05) is 11.9 Å². The first kappa shape index (κ1) is 21.0. The quantitative estimate of drug-likeness (QED) is 0.538. The lowest BCUT2D eigenvalue weighted by molar-refractivity contribution is -0.137. The fourth-order valence-electron chi connectivity index (χ4n) is 4.45. The molecule has 0 atom stereocenters. The Hall–Kier alpha value is -2.75. The molecule has 1 aromatic carbocycles. The standard InChI is InChI=1S/C25H29NO3/c1-16-11-12-20(13-24(29)26(5)21-9-7-6-8-10-21)17(2)23-15-25(18(3)27,19(4)28)14-22(16)23/h6-10,13H,11-12,14-15H2,1-5H3/b20-13+. The molecule has 0 radical (unpaired) electrons. The highest BCUT2D eigenvalue weighted by Gasteiger charge is 2.48. The van der Waals surface area contributed by atoms with Crippen molar-refractivity contribution in [1.29, 1.82) is 0 Å². The van der Waals surface area contributed by atoms with Gasteiger partial charge in [0.2, 0.25) is 0 Å². The highest BCUT2D eigenvalue weighted by atomic mass is 16.2. The number of amides is 1. The van der Waals surface area contributed by atoms with Crippen LogP contribution in [0.1, 0.15) is 53.4 Å². The predicted octanol–water partition coefficient (Wildman–Crippen LogP) is 4.96. The molecule has 0 spiro atoms. The number of anilines is 1. The van der Waals surface area contributed by atoms with E-state index >= 15 is 0 Å². The topological polar surface area (TPSA) is 54.5 Å². The molecule has 4 heteroatoms. The van der Waals surface area contributed by atoms with Gasteiger partial charge in [-0.15, -0.1) is 0 Å². The first-order chi connectivity index (χ1) is 13.7. The molecule has 1 fully saturated rings. The number of benzene rings is 1. The van der Waals surface area contributed by atoms with Crippen LogP contribution in [0.4, 0.5) is 5.69 Å². The lowest BCUT2D eigenvalue weighted by atomic mass is 9.77. The molecular formula is C25H29NO3. The van der Waals surface area contributed by atoms with Crippen molar-refractivity contribution in [1.82, 2.24) is 0 Å². The summed E-state index contributed by atoms with van der Waals surface area (Å²) in [5.41, 5.74) is 5.36. The Morgan fingerprint density at radius 3 is 2.10 bits per heavy atom. The van der Waals surface area contributed by atoms with Gasteiger partial charge < -0.3 is 4.90 Å². The third-order valence-electron chi connectivity index (χ3n) is 6.66. The van der Waals surface area contributed by atoms with Crippen LogP contribution >= 0.6 is 0 Å². The van der Waals surface area contributed by atoms with Gasteiger partial charge in [-0.25, -0.2) is 0 Å². The summed E-state index contributed by atoms with van der Waals surface area (Å²) < 4.78 is 0. The van der Waals surface area contributed by atoms with Crippen LogP contribution in [0, 0.1) is 5.41 Å². The number of fused-ring (bicyclic) bond motifs is 1. The summed E-state index contributed by atoms with van der Waals surface area (Å²) in [6.07, 6.45) is 4.26. The largest absolute Gasteiger partial charge is 0.312 e. The van der Waals surface area contributed by atoms with Crippen LogP contribution < -0.4 is 4.90 Å². The minimum atomic E-state index is -0.944. The number of hydrogen-bond acceptors (Lipinski definition) is 3. The Morgan fingerprint density at radius 2 is 1.52 bits per heavy atom. The maximum Gasteiger partial charge on any atom is 0.250 e. The second-order valence-electron chi connectivity index (χ2n) is 8.31. The van der Waals surface area contributed by atoms with E-state index in [1.54, 1.807) is 18.0 Å². The molecule has 29 heavy (non-hydrogen) atoms. The number of carbonyl (C=O) groups is 3.